The Morgan fingerprint density at radius 3 is 2.93 bits per heavy atom. The van der Waals surface area contributed by atoms with Crippen molar-refractivity contribution < 1.29 is 4.74 Å². The lowest BCUT2D eigenvalue weighted by molar-refractivity contribution is 0.0589. The van der Waals surface area contributed by atoms with Gasteiger partial charge in [-0.15, -0.1) is 11.6 Å². The van der Waals surface area contributed by atoms with Crippen LogP contribution in [0.15, 0.2) is 0 Å². The zero-order chi connectivity index (χ0) is 10.4. The van der Waals surface area contributed by atoms with Crippen LogP contribution in [0.1, 0.15) is 39.0 Å². The summed E-state index contributed by atoms with van der Waals surface area (Å²) in [6.45, 7) is 3.05. The summed E-state index contributed by atoms with van der Waals surface area (Å²) in [5.41, 5.74) is 0. The molecule has 1 aliphatic carbocycles. The molecule has 0 saturated heterocycles. The van der Waals surface area contributed by atoms with Gasteiger partial charge in [-0.25, -0.2) is 0 Å². The second kappa shape index (κ2) is 6.65. The average molecular weight is 220 g/mol. The normalized spacial score (nSPS) is 30.2. The van der Waals surface area contributed by atoms with Gasteiger partial charge < -0.3 is 10.1 Å². The second-order valence-corrected chi connectivity index (χ2v) is 4.75. The number of halogens is 1. The lowest BCUT2D eigenvalue weighted by Crippen LogP contribution is -2.39. The van der Waals surface area contributed by atoms with Crippen molar-refractivity contribution in [3.63, 3.8) is 0 Å². The molecule has 0 radical (unpaired) electrons. The van der Waals surface area contributed by atoms with Gasteiger partial charge in [0.25, 0.3) is 0 Å². The Bertz CT molecular complexity index is 154. The van der Waals surface area contributed by atoms with Crippen molar-refractivity contribution in [1.82, 2.24) is 5.32 Å². The lowest BCUT2D eigenvalue weighted by Gasteiger charge is -2.29. The summed E-state index contributed by atoms with van der Waals surface area (Å²) in [7, 11) is 1.81. The van der Waals surface area contributed by atoms with Gasteiger partial charge in [-0.05, 0) is 32.1 Å². The first kappa shape index (κ1) is 12.3. The number of hydrogen-bond acceptors (Lipinski definition) is 2. The highest BCUT2D eigenvalue weighted by molar-refractivity contribution is 6.20. The maximum absolute atomic E-state index is 6.06. The largest absolute Gasteiger partial charge is 0.381 e. The monoisotopic (exact) mass is 219 g/mol. The second-order valence-electron chi connectivity index (χ2n) is 4.14. The van der Waals surface area contributed by atoms with E-state index in [-0.39, 0.29) is 5.38 Å². The molecule has 1 rings (SSSR count). The van der Waals surface area contributed by atoms with Crippen LogP contribution in [0.25, 0.3) is 0 Å². The van der Waals surface area contributed by atoms with Gasteiger partial charge in [0.2, 0.25) is 0 Å². The van der Waals surface area contributed by atoms with Crippen molar-refractivity contribution in [1.29, 1.82) is 0 Å². The van der Waals surface area contributed by atoms with E-state index in [1.165, 1.54) is 19.3 Å². The SMILES string of the molecule is CCC(Cl)CNC1CCCC(OC)C1. The van der Waals surface area contributed by atoms with E-state index in [2.05, 4.69) is 12.2 Å². The molecule has 2 nitrogen and oxygen atoms in total. The van der Waals surface area contributed by atoms with E-state index in [1.807, 2.05) is 7.11 Å². The number of nitrogens with one attached hydrogen (secondary N) is 1. The van der Waals surface area contributed by atoms with Gasteiger partial charge >= 0.3 is 0 Å². The Hall–Kier alpha value is 0.210. The van der Waals surface area contributed by atoms with Crippen LogP contribution in [-0.2, 0) is 4.74 Å². The number of alkyl halides is 1. The van der Waals surface area contributed by atoms with E-state index < -0.39 is 0 Å². The zero-order valence-corrected chi connectivity index (χ0v) is 10.0. The summed E-state index contributed by atoms with van der Waals surface area (Å²) in [6.07, 6.45) is 6.39. The summed E-state index contributed by atoms with van der Waals surface area (Å²) in [5.74, 6) is 0. The number of rotatable bonds is 5. The van der Waals surface area contributed by atoms with Crippen LogP contribution >= 0.6 is 11.6 Å². The molecule has 0 heterocycles. The van der Waals surface area contributed by atoms with Crippen LogP contribution in [0.2, 0.25) is 0 Å². The predicted molar refractivity (Wildman–Crippen MR) is 61.0 cm³/mol. The van der Waals surface area contributed by atoms with E-state index in [9.17, 15) is 0 Å². The number of hydrogen-bond donors (Lipinski definition) is 1. The minimum Gasteiger partial charge on any atom is -0.381 e. The summed E-state index contributed by atoms with van der Waals surface area (Å²) < 4.78 is 5.38. The van der Waals surface area contributed by atoms with E-state index in [4.69, 9.17) is 16.3 Å². The molecule has 1 fully saturated rings. The Morgan fingerprint density at radius 1 is 1.50 bits per heavy atom. The topological polar surface area (TPSA) is 21.3 Å². The molecule has 0 aliphatic heterocycles. The van der Waals surface area contributed by atoms with Crippen molar-refractivity contribution in [2.24, 2.45) is 0 Å². The van der Waals surface area contributed by atoms with Gasteiger partial charge in [-0.2, -0.15) is 0 Å². The highest BCUT2D eigenvalue weighted by Crippen LogP contribution is 2.20. The first-order valence-corrected chi connectivity index (χ1v) is 6.10. The average Bonchev–Trinajstić information content (AvgIpc) is 2.26. The van der Waals surface area contributed by atoms with Gasteiger partial charge in [0.1, 0.15) is 0 Å². The molecular weight excluding hydrogens is 198 g/mol. The third kappa shape index (κ3) is 4.16. The highest BCUT2D eigenvalue weighted by atomic mass is 35.5. The van der Waals surface area contributed by atoms with E-state index in [1.54, 1.807) is 0 Å². The van der Waals surface area contributed by atoms with Gasteiger partial charge in [0.15, 0.2) is 0 Å². The van der Waals surface area contributed by atoms with Crippen LogP contribution in [-0.4, -0.2) is 31.2 Å². The Kier molecular flexibility index (Phi) is 5.83. The molecule has 3 atom stereocenters. The summed E-state index contributed by atoms with van der Waals surface area (Å²) in [5, 5.41) is 3.80. The fourth-order valence-corrected chi connectivity index (χ4v) is 2.07. The zero-order valence-electron chi connectivity index (χ0n) is 9.26. The molecule has 3 unspecified atom stereocenters. The number of ether oxygens (including phenoxy) is 1. The molecule has 0 spiro atoms. The van der Waals surface area contributed by atoms with Gasteiger partial charge in [0.05, 0.1) is 6.10 Å². The fourth-order valence-electron chi connectivity index (χ4n) is 1.98. The molecule has 1 saturated carbocycles. The van der Waals surface area contributed by atoms with Crippen LogP contribution < -0.4 is 5.32 Å². The van der Waals surface area contributed by atoms with Gasteiger partial charge in [-0.3, -0.25) is 0 Å². The van der Waals surface area contributed by atoms with Gasteiger partial charge in [0, 0.05) is 25.1 Å². The molecular formula is C11H22ClNO. The molecule has 14 heavy (non-hydrogen) atoms. The van der Waals surface area contributed by atoms with Gasteiger partial charge in [-0.1, -0.05) is 6.92 Å². The minimum absolute atomic E-state index is 0.276. The van der Waals surface area contributed by atoms with E-state index in [0.29, 0.717) is 12.1 Å². The molecule has 0 bridgehead atoms. The van der Waals surface area contributed by atoms with Crippen molar-refractivity contribution in [3.05, 3.63) is 0 Å². The Balaban J connectivity index is 2.17. The van der Waals surface area contributed by atoms with E-state index >= 15 is 0 Å². The fraction of sp³-hybridized carbons (Fsp3) is 1.00. The molecule has 0 aromatic carbocycles. The lowest BCUT2D eigenvalue weighted by atomic mass is 9.93. The molecule has 0 aromatic rings. The number of methoxy groups -OCH3 is 1. The molecule has 1 aliphatic rings. The molecule has 84 valence electrons. The van der Waals surface area contributed by atoms with E-state index in [0.717, 1.165) is 19.4 Å². The minimum atomic E-state index is 0.276. The Morgan fingerprint density at radius 2 is 2.29 bits per heavy atom. The molecule has 0 aromatic heterocycles. The maximum atomic E-state index is 6.06. The van der Waals surface area contributed by atoms with Crippen LogP contribution in [0.4, 0.5) is 0 Å². The first-order chi connectivity index (χ1) is 6.76. The first-order valence-electron chi connectivity index (χ1n) is 5.66. The van der Waals surface area contributed by atoms with Crippen LogP contribution in [0, 0.1) is 0 Å². The standard InChI is InChI=1S/C11H22ClNO/c1-3-9(12)8-13-10-5-4-6-11(7-10)14-2/h9-11,13H,3-8H2,1-2H3. The highest BCUT2D eigenvalue weighted by Gasteiger charge is 2.21. The molecule has 0 amide bonds. The third-order valence-electron chi connectivity index (χ3n) is 3.03. The Labute approximate surface area is 92.3 Å². The molecule has 1 N–H and O–H groups in total. The van der Waals surface area contributed by atoms with Crippen molar-refractivity contribution >= 4 is 11.6 Å². The molecule has 3 heteroatoms. The predicted octanol–water partition coefficient (Wildman–Crippen LogP) is 2.55. The van der Waals surface area contributed by atoms with Crippen molar-refractivity contribution in [2.75, 3.05) is 13.7 Å². The smallest absolute Gasteiger partial charge is 0.0586 e. The van der Waals surface area contributed by atoms with Crippen LogP contribution in [0.5, 0.6) is 0 Å². The maximum Gasteiger partial charge on any atom is 0.0586 e. The van der Waals surface area contributed by atoms with Crippen molar-refractivity contribution in [2.45, 2.75) is 56.6 Å². The summed E-state index contributed by atoms with van der Waals surface area (Å²) >= 11 is 6.06. The summed E-state index contributed by atoms with van der Waals surface area (Å²) in [6, 6.07) is 0.612. The quantitative estimate of drug-likeness (QED) is 0.718. The third-order valence-corrected chi connectivity index (χ3v) is 3.49. The summed E-state index contributed by atoms with van der Waals surface area (Å²) in [4.78, 5) is 0. The van der Waals surface area contributed by atoms with Crippen molar-refractivity contribution in [3.8, 4) is 0 Å². The van der Waals surface area contributed by atoms with Crippen LogP contribution in [0.3, 0.4) is 0 Å².